The maximum absolute atomic E-state index is 5.90. The Morgan fingerprint density at radius 3 is 2.24 bits per heavy atom. The number of nitrogens with zero attached hydrogens (tertiary/aromatic N) is 1. The van der Waals surface area contributed by atoms with E-state index in [1.54, 1.807) is 0 Å². The number of nitrogens with two attached hydrogens (primary N) is 1. The molecule has 1 aliphatic rings. The Hall–Kier alpha value is -0.860. The van der Waals surface area contributed by atoms with Crippen LogP contribution in [0.15, 0.2) is 24.3 Å². The molecule has 1 atom stereocenters. The van der Waals surface area contributed by atoms with Crippen molar-refractivity contribution >= 4 is 0 Å². The number of hydrogen-bond acceptors (Lipinski definition) is 2. The summed E-state index contributed by atoms with van der Waals surface area (Å²) in [5, 5.41) is 0. The smallest absolute Gasteiger partial charge is 0.0218 e. The molecule has 0 radical (unpaired) electrons. The molecule has 17 heavy (non-hydrogen) atoms. The summed E-state index contributed by atoms with van der Waals surface area (Å²) in [7, 11) is 0. The summed E-state index contributed by atoms with van der Waals surface area (Å²) in [6.45, 7) is 5.37. The highest BCUT2D eigenvalue weighted by molar-refractivity contribution is 5.28. The summed E-state index contributed by atoms with van der Waals surface area (Å²) in [4.78, 5) is 2.59. The van der Waals surface area contributed by atoms with Crippen LogP contribution >= 0.6 is 0 Å². The summed E-state index contributed by atoms with van der Waals surface area (Å²) in [5.41, 5.74) is 8.96. The van der Waals surface area contributed by atoms with Gasteiger partial charge in [0.1, 0.15) is 0 Å². The van der Waals surface area contributed by atoms with E-state index in [1.807, 2.05) is 0 Å². The Bertz CT molecular complexity index is 322. The molecular weight excluding hydrogens is 208 g/mol. The standard InChI is InChI=1S/C15H24N2/c1-2-5-15(12-16)17-10-8-13-6-3-4-7-14(13)9-11-17/h3-4,6-7,15H,2,5,8-12,16H2,1H3. The normalized spacial score (nSPS) is 18.5. The molecule has 1 aromatic rings. The zero-order chi connectivity index (χ0) is 12.1. The summed E-state index contributed by atoms with van der Waals surface area (Å²) < 4.78 is 0. The summed E-state index contributed by atoms with van der Waals surface area (Å²) in [6, 6.07) is 9.43. The van der Waals surface area contributed by atoms with Gasteiger partial charge < -0.3 is 5.73 Å². The molecule has 0 bridgehead atoms. The van der Waals surface area contributed by atoms with Crippen molar-refractivity contribution in [2.45, 2.75) is 38.6 Å². The fourth-order valence-corrected chi connectivity index (χ4v) is 2.83. The van der Waals surface area contributed by atoms with Gasteiger partial charge in [-0.25, -0.2) is 0 Å². The number of benzene rings is 1. The number of fused-ring (bicyclic) bond motifs is 1. The van der Waals surface area contributed by atoms with Crippen LogP contribution in [0.3, 0.4) is 0 Å². The van der Waals surface area contributed by atoms with Crippen molar-refractivity contribution < 1.29 is 0 Å². The first kappa shape index (κ1) is 12.6. The first-order valence-electron chi connectivity index (χ1n) is 6.86. The van der Waals surface area contributed by atoms with Gasteiger partial charge in [-0.2, -0.15) is 0 Å². The van der Waals surface area contributed by atoms with Gasteiger partial charge in [0.2, 0.25) is 0 Å². The lowest BCUT2D eigenvalue weighted by atomic mass is 10.0. The van der Waals surface area contributed by atoms with Crippen LogP contribution in [0.5, 0.6) is 0 Å². The Morgan fingerprint density at radius 2 is 1.76 bits per heavy atom. The molecule has 0 fully saturated rings. The van der Waals surface area contributed by atoms with Crippen molar-refractivity contribution in [2.75, 3.05) is 19.6 Å². The third-order valence-electron chi connectivity index (χ3n) is 3.87. The third-order valence-corrected chi connectivity index (χ3v) is 3.87. The lowest BCUT2D eigenvalue weighted by molar-refractivity contribution is 0.198. The largest absolute Gasteiger partial charge is 0.329 e. The second kappa shape index (κ2) is 6.18. The van der Waals surface area contributed by atoms with Crippen LogP contribution in [-0.2, 0) is 12.8 Å². The number of hydrogen-bond donors (Lipinski definition) is 1. The van der Waals surface area contributed by atoms with Crippen LogP contribution in [-0.4, -0.2) is 30.6 Å². The SMILES string of the molecule is CCCC(CN)N1CCc2ccccc2CC1. The molecule has 1 aliphatic heterocycles. The molecular formula is C15H24N2. The van der Waals surface area contributed by atoms with Crippen molar-refractivity contribution in [1.82, 2.24) is 4.90 Å². The van der Waals surface area contributed by atoms with Crippen LogP contribution in [0, 0.1) is 0 Å². The van der Waals surface area contributed by atoms with Crippen LogP contribution in [0.4, 0.5) is 0 Å². The fourth-order valence-electron chi connectivity index (χ4n) is 2.83. The molecule has 2 nitrogen and oxygen atoms in total. The summed E-state index contributed by atoms with van der Waals surface area (Å²) >= 11 is 0. The van der Waals surface area contributed by atoms with E-state index in [4.69, 9.17) is 5.73 Å². The molecule has 1 heterocycles. The van der Waals surface area contributed by atoms with E-state index in [9.17, 15) is 0 Å². The molecule has 0 saturated carbocycles. The van der Waals surface area contributed by atoms with Crippen molar-refractivity contribution in [1.29, 1.82) is 0 Å². The Balaban J connectivity index is 2.03. The Labute approximate surface area is 105 Å². The Kier molecular flexibility index (Phi) is 4.57. The van der Waals surface area contributed by atoms with E-state index in [-0.39, 0.29) is 0 Å². The van der Waals surface area contributed by atoms with Gasteiger partial charge >= 0.3 is 0 Å². The lowest BCUT2D eigenvalue weighted by Gasteiger charge is -2.29. The molecule has 2 rings (SSSR count). The first-order chi connectivity index (χ1) is 8.35. The molecule has 0 aliphatic carbocycles. The van der Waals surface area contributed by atoms with Crippen molar-refractivity contribution in [3.63, 3.8) is 0 Å². The Morgan fingerprint density at radius 1 is 1.18 bits per heavy atom. The van der Waals surface area contributed by atoms with Crippen molar-refractivity contribution in [3.8, 4) is 0 Å². The predicted octanol–water partition coefficient (Wildman–Crippen LogP) is 2.21. The van der Waals surface area contributed by atoms with Gasteiger partial charge in [0, 0.05) is 25.7 Å². The van der Waals surface area contributed by atoms with Gasteiger partial charge in [0.25, 0.3) is 0 Å². The fraction of sp³-hybridized carbons (Fsp3) is 0.600. The minimum Gasteiger partial charge on any atom is -0.329 e. The van der Waals surface area contributed by atoms with E-state index in [0.29, 0.717) is 6.04 Å². The third kappa shape index (κ3) is 3.08. The van der Waals surface area contributed by atoms with Crippen molar-refractivity contribution in [3.05, 3.63) is 35.4 Å². The molecule has 1 unspecified atom stereocenters. The lowest BCUT2D eigenvalue weighted by Crippen LogP contribution is -2.42. The average molecular weight is 232 g/mol. The van der Waals surface area contributed by atoms with E-state index in [2.05, 4.69) is 36.1 Å². The summed E-state index contributed by atoms with van der Waals surface area (Å²) in [6.07, 6.45) is 4.81. The quantitative estimate of drug-likeness (QED) is 0.862. The van der Waals surface area contributed by atoms with Gasteiger partial charge in [-0.05, 0) is 30.4 Å². The van der Waals surface area contributed by atoms with Gasteiger partial charge in [-0.3, -0.25) is 4.90 Å². The molecule has 1 aromatic carbocycles. The first-order valence-corrected chi connectivity index (χ1v) is 6.86. The van der Waals surface area contributed by atoms with Crippen LogP contribution in [0.2, 0.25) is 0 Å². The molecule has 0 spiro atoms. The highest BCUT2D eigenvalue weighted by atomic mass is 15.2. The number of rotatable bonds is 4. The predicted molar refractivity (Wildman–Crippen MR) is 73.2 cm³/mol. The van der Waals surface area contributed by atoms with Crippen molar-refractivity contribution in [2.24, 2.45) is 5.73 Å². The molecule has 0 amide bonds. The van der Waals surface area contributed by atoms with Gasteiger partial charge in [0.05, 0.1) is 0 Å². The molecule has 2 heteroatoms. The second-order valence-electron chi connectivity index (χ2n) is 4.98. The van der Waals surface area contributed by atoms with Gasteiger partial charge in [-0.1, -0.05) is 37.6 Å². The maximum atomic E-state index is 5.90. The topological polar surface area (TPSA) is 29.3 Å². The highest BCUT2D eigenvalue weighted by Gasteiger charge is 2.19. The van der Waals surface area contributed by atoms with E-state index in [1.165, 1.54) is 49.9 Å². The van der Waals surface area contributed by atoms with E-state index in [0.717, 1.165) is 6.54 Å². The minimum atomic E-state index is 0.578. The molecule has 0 saturated heterocycles. The molecule has 94 valence electrons. The van der Waals surface area contributed by atoms with Crippen LogP contribution < -0.4 is 5.73 Å². The van der Waals surface area contributed by atoms with E-state index >= 15 is 0 Å². The van der Waals surface area contributed by atoms with Gasteiger partial charge in [-0.15, -0.1) is 0 Å². The molecule has 0 aromatic heterocycles. The van der Waals surface area contributed by atoms with Crippen LogP contribution in [0.25, 0.3) is 0 Å². The zero-order valence-corrected chi connectivity index (χ0v) is 10.9. The molecule has 2 N–H and O–H groups in total. The maximum Gasteiger partial charge on any atom is 0.0218 e. The average Bonchev–Trinajstić information content (AvgIpc) is 2.58. The zero-order valence-electron chi connectivity index (χ0n) is 10.9. The monoisotopic (exact) mass is 232 g/mol. The van der Waals surface area contributed by atoms with Crippen LogP contribution in [0.1, 0.15) is 30.9 Å². The minimum absolute atomic E-state index is 0.578. The van der Waals surface area contributed by atoms with E-state index < -0.39 is 0 Å². The van der Waals surface area contributed by atoms with Gasteiger partial charge in [0.15, 0.2) is 0 Å². The highest BCUT2D eigenvalue weighted by Crippen LogP contribution is 2.18. The second-order valence-corrected chi connectivity index (χ2v) is 4.98. The summed E-state index contributed by atoms with van der Waals surface area (Å²) in [5.74, 6) is 0.